The van der Waals surface area contributed by atoms with E-state index in [9.17, 15) is 0 Å². The van der Waals surface area contributed by atoms with Crippen molar-refractivity contribution in [2.45, 2.75) is 11.5 Å². The summed E-state index contributed by atoms with van der Waals surface area (Å²) >= 11 is 1.93. The minimum Gasteiger partial charge on any atom is -0.373 e. The van der Waals surface area contributed by atoms with Gasteiger partial charge >= 0.3 is 0 Å². The van der Waals surface area contributed by atoms with Crippen molar-refractivity contribution in [2.75, 3.05) is 12.4 Å². The fourth-order valence-electron chi connectivity index (χ4n) is 1.45. The SMILES string of the molecule is CNc1c2c(nn1C)CSC2. The van der Waals surface area contributed by atoms with Crippen molar-refractivity contribution in [2.24, 2.45) is 7.05 Å². The molecule has 0 aromatic carbocycles. The largest absolute Gasteiger partial charge is 0.373 e. The van der Waals surface area contributed by atoms with Crippen LogP contribution in [-0.2, 0) is 18.6 Å². The fraction of sp³-hybridized carbons (Fsp3) is 0.571. The standard InChI is InChI=1S/C7H11N3S/c1-8-7-5-3-11-4-6(5)9-10(7)2/h8H,3-4H2,1-2H3. The molecule has 0 saturated carbocycles. The molecule has 0 unspecified atom stereocenters. The van der Waals surface area contributed by atoms with Gasteiger partial charge in [-0.3, -0.25) is 4.68 Å². The van der Waals surface area contributed by atoms with E-state index in [1.165, 1.54) is 17.1 Å². The summed E-state index contributed by atoms with van der Waals surface area (Å²) in [6.07, 6.45) is 0. The van der Waals surface area contributed by atoms with Gasteiger partial charge in [0.2, 0.25) is 0 Å². The zero-order valence-corrected chi connectivity index (χ0v) is 7.53. The number of aromatic nitrogens is 2. The summed E-state index contributed by atoms with van der Waals surface area (Å²) in [5.41, 5.74) is 2.64. The average Bonchev–Trinajstić information content (AvgIpc) is 2.46. The Balaban J connectivity index is 2.52. The molecule has 0 spiro atoms. The predicted molar refractivity (Wildman–Crippen MR) is 47.8 cm³/mol. The molecule has 0 bridgehead atoms. The summed E-state index contributed by atoms with van der Waals surface area (Å²) in [7, 11) is 3.93. The van der Waals surface area contributed by atoms with Gasteiger partial charge in [0.15, 0.2) is 0 Å². The number of anilines is 1. The molecule has 0 saturated heterocycles. The van der Waals surface area contributed by atoms with Gasteiger partial charge in [-0.05, 0) is 0 Å². The van der Waals surface area contributed by atoms with E-state index >= 15 is 0 Å². The van der Waals surface area contributed by atoms with Gasteiger partial charge in [-0.2, -0.15) is 16.9 Å². The van der Waals surface area contributed by atoms with Crippen molar-refractivity contribution >= 4 is 17.6 Å². The van der Waals surface area contributed by atoms with Crippen LogP contribution in [-0.4, -0.2) is 16.8 Å². The Morgan fingerprint density at radius 1 is 1.55 bits per heavy atom. The fourth-order valence-corrected chi connectivity index (χ4v) is 2.49. The number of hydrogen-bond donors (Lipinski definition) is 1. The lowest BCUT2D eigenvalue weighted by Crippen LogP contribution is -2.00. The summed E-state index contributed by atoms with van der Waals surface area (Å²) < 4.78 is 1.92. The summed E-state index contributed by atoms with van der Waals surface area (Å²) in [6, 6.07) is 0. The summed E-state index contributed by atoms with van der Waals surface area (Å²) in [5, 5.41) is 7.56. The highest BCUT2D eigenvalue weighted by Gasteiger charge is 2.19. The Hall–Kier alpha value is -0.640. The number of rotatable bonds is 1. The Labute approximate surface area is 70.2 Å². The highest BCUT2D eigenvalue weighted by molar-refractivity contribution is 7.98. The van der Waals surface area contributed by atoms with Crippen molar-refractivity contribution in [3.8, 4) is 0 Å². The highest BCUT2D eigenvalue weighted by atomic mass is 32.2. The smallest absolute Gasteiger partial charge is 0.128 e. The van der Waals surface area contributed by atoms with Gasteiger partial charge in [-0.25, -0.2) is 0 Å². The second-order valence-corrected chi connectivity index (χ2v) is 3.63. The van der Waals surface area contributed by atoms with E-state index in [1.807, 2.05) is 30.5 Å². The van der Waals surface area contributed by atoms with E-state index < -0.39 is 0 Å². The summed E-state index contributed by atoms with van der Waals surface area (Å²) in [5.74, 6) is 3.36. The maximum atomic E-state index is 4.40. The van der Waals surface area contributed by atoms with Crippen molar-refractivity contribution in [1.82, 2.24) is 9.78 Å². The Kier molecular flexibility index (Phi) is 1.56. The second-order valence-electron chi connectivity index (χ2n) is 2.64. The summed E-state index contributed by atoms with van der Waals surface area (Å²) in [4.78, 5) is 0. The number of hydrogen-bond acceptors (Lipinski definition) is 3. The van der Waals surface area contributed by atoms with Crippen LogP contribution < -0.4 is 5.32 Å². The molecule has 1 aromatic rings. The predicted octanol–water partition coefficient (Wildman–Crippen LogP) is 1.21. The number of fused-ring (bicyclic) bond motifs is 1. The Morgan fingerprint density at radius 2 is 2.36 bits per heavy atom. The van der Waals surface area contributed by atoms with E-state index in [2.05, 4.69) is 10.4 Å². The molecule has 1 aliphatic rings. The number of nitrogens with one attached hydrogen (secondary N) is 1. The molecule has 1 aromatic heterocycles. The van der Waals surface area contributed by atoms with Crippen molar-refractivity contribution in [3.05, 3.63) is 11.3 Å². The van der Waals surface area contributed by atoms with Gasteiger partial charge in [-0.15, -0.1) is 0 Å². The van der Waals surface area contributed by atoms with E-state index in [4.69, 9.17) is 0 Å². The zero-order valence-electron chi connectivity index (χ0n) is 6.72. The maximum Gasteiger partial charge on any atom is 0.128 e. The van der Waals surface area contributed by atoms with Gasteiger partial charge < -0.3 is 5.32 Å². The van der Waals surface area contributed by atoms with Crippen LogP contribution >= 0.6 is 11.8 Å². The molecule has 3 nitrogen and oxygen atoms in total. The van der Waals surface area contributed by atoms with Crippen LogP contribution in [0.2, 0.25) is 0 Å². The van der Waals surface area contributed by atoms with E-state index in [-0.39, 0.29) is 0 Å². The molecule has 1 aliphatic heterocycles. The maximum absolute atomic E-state index is 4.40. The van der Waals surface area contributed by atoms with Gasteiger partial charge in [-0.1, -0.05) is 0 Å². The van der Waals surface area contributed by atoms with E-state index in [1.54, 1.807) is 0 Å². The van der Waals surface area contributed by atoms with Crippen LogP contribution in [0.15, 0.2) is 0 Å². The number of nitrogens with zero attached hydrogens (tertiary/aromatic N) is 2. The second kappa shape index (κ2) is 2.44. The average molecular weight is 169 g/mol. The Morgan fingerprint density at radius 3 is 3.09 bits per heavy atom. The lowest BCUT2D eigenvalue weighted by atomic mass is 10.3. The molecule has 60 valence electrons. The molecule has 0 atom stereocenters. The van der Waals surface area contributed by atoms with Crippen LogP contribution in [0.1, 0.15) is 11.3 Å². The molecule has 2 heterocycles. The molecule has 0 radical (unpaired) electrons. The topological polar surface area (TPSA) is 29.9 Å². The summed E-state index contributed by atoms with van der Waals surface area (Å²) in [6.45, 7) is 0. The molecule has 4 heteroatoms. The van der Waals surface area contributed by atoms with E-state index in [0.717, 1.165) is 11.5 Å². The number of thioether (sulfide) groups is 1. The first-order chi connectivity index (χ1) is 5.33. The van der Waals surface area contributed by atoms with Crippen molar-refractivity contribution in [3.63, 3.8) is 0 Å². The molecule has 2 rings (SSSR count). The number of aryl methyl sites for hydroxylation is 1. The third kappa shape index (κ3) is 0.929. The lowest BCUT2D eigenvalue weighted by Gasteiger charge is -2.01. The first-order valence-corrected chi connectivity index (χ1v) is 4.78. The first kappa shape index (κ1) is 7.03. The molecule has 0 aliphatic carbocycles. The van der Waals surface area contributed by atoms with Crippen LogP contribution in [0.25, 0.3) is 0 Å². The quantitative estimate of drug-likeness (QED) is 0.685. The van der Waals surface area contributed by atoms with Gasteiger partial charge in [0.1, 0.15) is 5.82 Å². The first-order valence-electron chi connectivity index (χ1n) is 3.63. The van der Waals surface area contributed by atoms with Crippen molar-refractivity contribution < 1.29 is 0 Å². The third-order valence-corrected chi connectivity index (χ3v) is 2.92. The monoisotopic (exact) mass is 169 g/mol. The Bertz CT molecular complexity index is 279. The molecule has 0 fully saturated rings. The molecule has 11 heavy (non-hydrogen) atoms. The third-order valence-electron chi connectivity index (χ3n) is 1.95. The minimum atomic E-state index is 1.07. The lowest BCUT2D eigenvalue weighted by molar-refractivity contribution is 0.761. The van der Waals surface area contributed by atoms with Crippen LogP contribution in [0.5, 0.6) is 0 Å². The molecule has 1 N–H and O–H groups in total. The molecule has 0 amide bonds. The minimum absolute atomic E-state index is 1.07. The molecular formula is C7H11N3S. The van der Waals surface area contributed by atoms with Gasteiger partial charge in [0.25, 0.3) is 0 Å². The van der Waals surface area contributed by atoms with Crippen LogP contribution in [0.4, 0.5) is 5.82 Å². The van der Waals surface area contributed by atoms with Crippen LogP contribution in [0, 0.1) is 0 Å². The van der Waals surface area contributed by atoms with E-state index in [0.29, 0.717) is 0 Å². The van der Waals surface area contributed by atoms with Crippen LogP contribution in [0.3, 0.4) is 0 Å². The highest BCUT2D eigenvalue weighted by Crippen LogP contribution is 2.33. The zero-order chi connectivity index (χ0) is 7.84. The molecular weight excluding hydrogens is 158 g/mol. The van der Waals surface area contributed by atoms with Gasteiger partial charge in [0.05, 0.1) is 5.69 Å². The van der Waals surface area contributed by atoms with Crippen molar-refractivity contribution in [1.29, 1.82) is 0 Å². The van der Waals surface area contributed by atoms with Gasteiger partial charge in [0, 0.05) is 31.2 Å². The normalized spacial score (nSPS) is 15.1.